The molecule has 10 heteroatoms. The van der Waals surface area contributed by atoms with Crippen molar-refractivity contribution in [3.8, 4) is 0 Å². The van der Waals surface area contributed by atoms with E-state index >= 15 is 0 Å². The van der Waals surface area contributed by atoms with Crippen LogP contribution in [0.4, 0.5) is 0 Å². The molecule has 8 nitrogen and oxygen atoms in total. The van der Waals surface area contributed by atoms with Gasteiger partial charge < -0.3 is 28.7 Å². The molecule has 0 unspecified atom stereocenters. The summed E-state index contributed by atoms with van der Waals surface area (Å²) in [6.45, 7) is -0.350. The van der Waals surface area contributed by atoms with E-state index in [2.05, 4.69) is 9.05 Å². The molecule has 0 rings (SSSR count). The average Bonchev–Trinajstić information content (AvgIpc) is 1.98. The zero-order valence-corrected chi connectivity index (χ0v) is 9.56. The van der Waals surface area contributed by atoms with Gasteiger partial charge >= 0.3 is 7.82 Å². The van der Waals surface area contributed by atoms with E-state index in [1.807, 2.05) is 0 Å². The fraction of sp³-hybridized carbons (Fsp3) is 1.00. The standard InChI is InChI=1S/C5H14O8P2/c6-14(7,8)12-4-2-1-3-5-13-15(9,10)11/h1-5H2,(H2,6,7,8)(H2,9,10,11)/p-2. The van der Waals surface area contributed by atoms with Gasteiger partial charge in [0, 0.05) is 0 Å². The second-order valence-electron chi connectivity index (χ2n) is 2.66. The Labute approximate surface area is 86.7 Å². The normalized spacial score (nSPS) is 13.1. The van der Waals surface area contributed by atoms with Crippen molar-refractivity contribution in [3.63, 3.8) is 0 Å². The first-order valence-electron chi connectivity index (χ1n) is 4.07. The molecule has 2 N–H and O–H groups in total. The van der Waals surface area contributed by atoms with Gasteiger partial charge in [0.25, 0.3) is 0 Å². The van der Waals surface area contributed by atoms with E-state index in [1.165, 1.54) is 0 Å². The van der Waals surface area contributed by atoms with Gasteiger partial charge in [0.15, 0.2) is 0 Å². The van der Waals surface area contributed by atoms with Gasteiger partial charge in [-0.15, -0.1) is 0 Å². The number of phosphoric ester groups is 2. The maximum Gasteiger partial charge on any atom is 0.469 e. The Kier molecular flexibility index (Phi) is 6.83. The van der Waals surface area contributed by atoms with Gasteiger partial charge in [-0.2, -0.15) is 0 Å². The Bertz CT molecular complexity index is 228. The quantitative estimate of drug-likeness (QED) is 0.424. The highest BCUT2D eigenvalue weighted by molar-refractivity contribution is 7.46. The first kappa shape index (κ1) is 15.2. The van der Waals surface area contributed by atoms with Gasteiger partial charge in [-0.25, -0.2) is 4.57 Å². The van der Waals surface area contributed by atoms with Crippen LogP contribution in [0, 0.1) is 0 Å². The fourth-order valence-corrected chi connectivity index (χ4v) is 1.46. The van der Waals surface area contributed by atoms with Crippen molar-refractivity contribution in [2.75, 3.05) is 13.2 Å². The predicted molar refractivity (Wildman–Crippen MR) is 45.4 cm³/mol. The molecule has 0 bridgehead atoms. The highest BCUT2D eigenvalue weighted by Crippen LogP contribution is 2.35. The van der Waals surface area contributed by atoms with Crippen LogP contribution in [-0.4, -0.2) is 23.0 Å². The number of rotatable bonds is 8. The molecule has 0 aromatic rings. The van der Waals surface area contributed by atoms with Crippen LogP contribution >= 0.6 is 15.6 Å². The molecule has 15 heavy (non-hydrogen) atoms. The summed E-state index contributed by atoms with van der Waals surface area (Å²) >= 11 is 0. The summed E-state index contributed by atoms with van der Waals surface area (Å²) in [6, 6.07) is 0. The van der Waals surface area contributed by atoms with Gasteiger partial charge in [0.1, 0.15) is 0 Å². The van der Waals surface area contributed by atoms with E-state index in [9.17, 15) is 18.9 Å². The molecule has 0 atom stereocenters. The lowest BCUT2D eigenvalue weighted by molar-refractivity contribution is -0.341. The van der Waals surface area contributed by atoms with Crippen molar-refractivity contribution >= 4 is 15.6 Å². The summed E-state index contributed by atoms with van der Waals surface area (Å²) in [7, 11) is -9.33. The second-order valence-corrected chi connectivity index (χ2v) is 5.06. The third-order valence-electron chi connectivity index (χ3n) is 1.30. The molecule has 0 aromatic heterocycles. The number of unbranched alkanes of at least 4 members (excludes halogenated alkanes) is 2. The lowest BCUT2D eigenvalue weighted by atomic mass is 10.2. The second kappa shape index (κ2) is 6.73. The lowest BCUT2D eigenvalue weighted by Gasteiger charge is -2.28. The van der Waals surface area contributed by atoms with Crippen molar-refractivity contribution in [1.29, 1.82) is 0 Å². The summed E-state index contributed by atoms with van der Waals surface area (Å²) in [5.74, 6) is 0. The van der Waals surface area contributed by atoms with Gasteiger partial charge in [-0.05, 0) is 19.3 Å². The Morgan fingerprint density at radius 1 is 0.933 bits per heavy atom. The van der Waals surface area contributed by atoms with E-state index in [1.54, 1.807) is 0 Å². The Balaban J connectivity index is 3.27. The van der Waals surface area contributed by atoms with Crippen LogP contribution in [0.25, 0.3) is 0 Å². The van der Waals surface area contributed by atoms with Crippen LogP contribution in [0.2, 0.25) is 0 Å². The minimum Gasteiger partial charge on any atom is -0.790 e. The maximum absolute atomic E-state index is 10.2. The molecule has 0 aliphatic rings. The van der Waals surface area contributed by atoms with Crippen molar-refractivity contribution in [3.05, 3.63) is 0 Å². The third-order valence-corrected chi connectivity index (χ3v) is 2.32. The first-order chi connectivity index (χ1) is 6.71. The first-order valence-corrected chi connectivity index (χ1v) is 7.06. The van der Waals surface area contributed by atoms with Gasteiger partial charge in [0.05, 0.1) is 21.0 Å². The fourth-order valence-electron chi connectivity index (χ4n) is 0.741. The molecular weight excluding hydrogens is 250 g/mol. The number of hydrogen-bond acceptors (Lipinski definition) is 6. The topological polar surface area (TPSA) is 139 Å². The number of hydrogen-bond donors (Lipinski definition) is 2. The minimum absolute atomic E-state index is 0.128. The van der Waals surface area contributed by atoms with Crippen molar-refractivity contribution in [2.45, 2.75) is 19.3 Å². The highest BCUT2D eigenvalue weighted by atomic mass is 31.2. The molecule has 0 amide bonds. The molecule has 0 heterocycles. The zero-order valence-electron chi connectivity index (χ0n) is 7.77. The van der Waals surface area contributed by atoms with Crippen molar-refractivity contribution < 1.29 is 37.8 Å². The zero-order chi connectivity index (χ0) is 11.9. The maximum atomic E-state index is 10.2. The van der Waals surface area contributed by atoms with Crippen LogP contribution in [0.1, 0.15) is 19.3 Å². The predicted octanol–water partition coefficient (Wildman–Crippen LogP) is -0.889. The van der Waals surface area contributed by atoms with Crippen molar-refractivity contribution in [2.24, 2.45) is 0 Å². The third kappa shape index (κ3) is 14.2. The molecule has 0 saturated heterocycles. The smallest absolute Gasteiger partial charge is 0.469 e. The highest BCUT2D eigenvalue weighted by Gasteiger charge is 2.12. The van der Waals surface area contributed by atoms with E-state index in [0.717, 1.165) is 0 Å². The van der Waals surface area contributed by atoms with Gasteiger partial charge in [0.2, 0.25) is 0 Å². The van der Waals surface area contributed by atoms with E-state index < -0.39 is 15.6 Å². The monoisotopic (exact) mass is 262 g/mol. The summed E-state index contributed by atoms with van der Waals surface area (Å²) < 4.78 is 28.2. The van der Waals surface area contributed by atoms with Crippen LogP contribution in [-0.2, 0) is 18.2 Å². The van der Waals surface area contributed by atoms with Crippen LogP contribution in [0.15, 0.2) is 0 Å². The average molecular weight is 262 g/mol. The molecule has 0 aliphatic heterocycles. The van der Waals surface area contributed by atoms with Crippen LogP contribution in [0.5, 0.6) is 0 Å². The molecule has 0 saturated carbocycles. The minimum atomic E-state index is -4.90. The molecule has 0 spiro atoms. The summed E-state index contributed by atoms with van der Waals surface area (Å²) in [5.41, 5.74) is 0. The summed E-state index contributed by atoms with van der Waals surface area (Å²) in [5, 5.41) is 0. The summed E-state index contributed by atoms with van der Waals surface area (Å²) in [6.07, 6.45) is 1.09. The van der Waals surface area contributed by atoms with Crippen molar-refractivity contribution in [1.82, 2.24) is 0 Å². The Hall–Kier alpha value is 0.220. The Morgan fingerprint density at radius 3 is 1.80 bits per heavy atom. The van der Waals surface area contributed by atoms with Crippen LogP contribution < -0.4 is 9.79 Å². The molecule has 0 fully saturated rings. The number of phosphoric acid groups is 2. The van der Waals surface area contributed by atoms with Crippen LogP contribution in [0.3, 0.4) is 0 Å². The SMILES string of the molecule is O=P([O-])([O-])OCCCCCOP(=O)(O)O. The van der Waals surface area contributed by atoms with E-state index in [0.29, 0.717) is 19.3 Å². The van der Waals surface area contributed by atoms with Gasteiger partial charge in [-0.1, -0.05) is 0 Å². The lowest BCUT2D eigenvalue weighted by Crippen LogP contribution is -2.16. The molecular formula is C5H12O8P2-2. The largest absolute Gasteiger partial charge is 0.790 e. The molecule has 0 aromatic carbocycles. The van der Waals surface area contributed by atoms with Gasteiger partial charge in [-0.3, -0.25) is 4.52 Å². The summed E-state index contributed by atoms with van der Waals surface area (Å²) in [4.78, 5) is 36.5. The molecule has 0 radical (unpaired) electrons. The molecule has 0 aliphatic carbocycles. The molecule has 92 valence electrons. The Morgan fingerprint density at radius 2 is 1.40 bits per heavy atom. The van der Waals surface area contributed by atoms with E-state index in [4.69, 9.17) is 9.79 Å². The van der Waals surface area contributed by atoms with E-state index in [-0.39, 0.29) is 13.2 Å².